The van der Waals surface area contributed by atoms with Gasteiger partial charge in [-0.2, -0.15) is 0 Å². The molecule has 2 N–H and O–H groups in total. The van der Waals surface area contributed by atoms with Gasteiger partial charge in [0.15, 0.2) is 0 Å². The first-order valence-electron chi connectivity index (χ1n) is 8.36. The summed E-state index contributed by atoms with van der Waals surface area (Å²) in [5.41, 5.74) is 3.38. The number of thiophene rings is 1. The number of aryl methyl sites for hydroxylation is 2. The predicted molar refractivity (Wildman–Crippen MR) is 102 cm³/mol. The number of aliphatic hydroxyl groups excluding tert-OH is 1. The molecule has 1 atom stereocenters. The first-order chi connectivity index (χ1) is 12.1. The third kappa shape index (κ3) is 4.24. The molecule has 0 radical (unpaired) electrons. The van der Waals surface area contributed by atoms with Crippen molar-refractivity contribution in [2.24, 2.45) is 5.92 Å². The number of nitrogens with one attached hydrogen (secondary N) is 1. The SMILES string of the molecule is Cc1ccc2nc(C)cc(C(=O)NCC(CO)Cc3cccs3)c2c1. The number of aliphatic hydroxyl groups is 1. The lowest BCUT2D eigenvalue weighted by molar-refractivity contribution is 0.0941. The quantitative estimate of drug-likeness (QED) is 0.712. The number of amides is 1. The number of hydrogen-bond donors (Lipinski definition) is 2. The summed E-state index contributed by atoms with van der Waals surface area (Å²) in [5, 5.41) is 15.5. The Kier molecular flexibility index (Phi) is 5.46. The molecule has 1 amide bonds. The number of hydrogen-bond acceptors (Lipinski definition) is 4. The van der Waals surface area contributed by atoms with Gasteiger partial charge >= 0.3 is 0 Å². The average molecular weight is 354 g/mol. The third-order valence-corrected chi connectivity index (χ3v) is 5.12. The van der Waals surface area contributed by atoms with Gasteiger partial charge in [-0.25, -0.2) is 0 Å². The highest BCUT2D eigenvalue weighted by atomic mass is 32.1. The van der Waals surface area contributed by atoms with Gasteiger partial charge in [-0.3, -0.25) is 9.78 Å². The second-order valence-electron chi connectivity index (χ2n) is 6.37. The van der Waals surface area contributed by atoms with Crippen LogP contribution in [-0.4, -0.2) is 29.1 Å². The zero-order valence-electron chi connectivity index (χ0n) is 14.5. The van der Waals surface area contributed by atoms with Crippen molar-refractivity contribution in [3.05, 3.63) is 63.5 Å². The molecule has 0 fully saturated rings. The van der Waals surface area contributed by atoms with Crippen LogP contribution in [0.5, 0.6) is 0 Å². The molecule has 0 bridgehead atoms. The molecule has 2 aromatic heterocycles. The smallest absolute Gasteiger partial charge is 0.252 e. The van der Waals surface area contributed by atoms with E-state index >= 15 is 0 Å². The van der Waals surface area contributed by atoms with Crippen molar-refractivity contribution in [3.63, 3.8) is 0 Å². The minimum absolute atomic E-state index is 0.0125. The maximum absolute atomic E-state index is 12.7. The Morgan fingerprint density at radius 2 is 2.12 bits per heavy atom. The summed E-state index contributed by atoms with van der Waals surface area (Å²) in [6, 6.07) is 11.8. The van der Waals surface area contributed by atoms with Crippen LogP contribution in [0.2, 0.25) is 0 Å². The number of pyridine rings is 1. The van der Waals surface area contributed by atoms with E-state index in [1.165, 1.54) is 4.88 Å². The van der Waals surface area contributed by atoms with E-state index in [-0.39, 0.29) is 18.4 Å². The Morgan fingerprint density at radius 1 is 1.28 bits per heavy atom. The summed E-state index contributed by atoms with van der Waals surface area (Å²) in [7, 11) is 0. The molecule has 0 saturated heterocycles. The van der Waals surface area contributed by atoms with E-state index in [1.54, 1.807) is 11.3 Å². The molecule has 3 aromatic rings. The Bertz CT molecular complexity index is 875. The minimum Gasteiger partial charge on any atom is -0.396 e. The highest BCUT2D eigenvalue weighted by Gasteiger charge is 2.15. The summed E-state index contributed by atoms with van der Waals surface area (Å²) in [6.07, 6.45) is 0.768. The monoisotopic (exact) mass is 354 g/mol. The van der Waals surface area contributed by atoms with E-state index in [2.05, 4.69) is 16.4 Å². The Hall–Kier alpha value is -2.24. The Labute approximate surface area is 151 Å². The van der Waals surface area contributed by atoms with E-state index < -0.39 is 0 Å². The summed E-state index contributed by atoms with van der Waals surface area (Å²) in [4.78, 5) is 18.4. The number of nitrogens with zero attached hydrogens (tertiary/aromatic N) is 1. The van der Waals surface area contributed by atoms with Crippen molar-refractivity contribution in [1.29, 1.82) is 0 Å². The van der Waals surface area contributed by atoms with Crippen LogP contribution in [-0.2, 0) is 6.42 Å². The normalized spacial score (nSPS) is 12.3. The number of aromatic nitrogens is 1. The van der Waals surface area contributed by atoms with Gasteiger partial charge < -0.3 is 10.4 Å². The molecule has 3 rings (SSSR count). The van der Waals surface area contributed by atoms with Gasteiger partial charge in [-0.05, 0) is 49.9 Å². The molecular formula is C20H22N2O2S. The van der Waals surface area contributed by atoms with Crippen LogP contribution < -0.4 is 5.32 Å². The molecule has 130 valence electrons. The number of benzene rings is 1. The standard InChI is InChI=1S/C20H22N2O2S/c1-13-5-6-19-17(8-13)18(9-14(2)22-19)20(24)21-11-15(12-23)10-16-4-3-7-25-16/h3-9,15,23H,10-12H2,1-2H3,(H,21,24). The fourth-order valence-electron chi connectivity index (χ4n) is 2.91. The lowest BCUT2D eigenvalue weighted by Gasteiger charge is -2.15. The maximum Gasteiger partial charge on any atom is 0.252 e. The van der Waals surface area contributed by atoms with Crippen LogP contribution in [0.3, 0.4) is 0 Å². The summed E-state index contributed by atoms with van der Waals surface area (Å²) >= 11 is 1.67. The minimum atomic E-state index is -0.120. The molecule has 2 heterocycles. The third-order valence-electron chi connectivity index (χ3n) is 4.22. The zero-order valence-corrected chi connectivity index (χ0v) is 15.3. The van der Waals surface area contributed by atoms with Crippen LogP contribution in [0.4, 0.5) is 0 Å². The molecule has 0 aliphatic heterocycles. The molecule has 0 saturated carbocycles. The molecule has 0 aliphatic carbocycles. The number of carbonyl (C=O) groups is 1. The van der Waals surface area contributed by atoms with Gasteiger partial charge in [-0.1, -0.05) is 17.7 Å². The molecule has 1 unspecified atom stereocenters. The van der Waals surface area contributed by atoms with E-state index in [0.29, 0.717) is 12.1 Å². The fraction of sp³-hybridized carbons (Fsp3) is 0.300. The number of carbonyl (C=O) groups excluding carboxylic acids is 1. The van der Waals surface area contributed by atoms with Gasteiger partial charge in [0.1, 0.15) is 0 Å². The van der Waals surface area contributed by atoms with Crippen LogP contribution in [0.15, 0.2) is 41.8 Å². The summed E-state index contributed by atoms with van der Waals surface area (Å²) < 4.78 is 0. The van der Waals surface area contributed by atoms with Gasteiger partial charge in [0, 0.05) is 35.0 Å². The van der Waals surface area contributed by atoms with Crippen molar-refractivity contribution in [1.82, 2.24) is 10.3 Å². The van der Waals surface area contributed by atoms with Crippen LogP contribution in [0.1, 0.15) is 26.5 Å². The molecule has 0 aliphatic rings. The molecular weight excluding hydrogens is 332 g/mol. The van der Waals surface area contributed by atoms with Crippen LogP contribution in [0.25, 0.3) is 10.9 Å². The first-order valence-corrected chi connectivity index (χ1v) is 9.24. The van der Waals surface area contributed by atoms with E-state index in [0.717, 1.165) is 28.6 Å². The first kappa shape index (κ1) is 17.6. The fourth-order valence-corrected chi connectivity index (χ4v) is 3.73. The topological polar surface area (TPSA) is 62.2 Å². The van der Waals surface area contributed by atoms with Crippen molar-refractivity contribution in [2.45, 2.75) is 20.3 Å². The average Bonchev–Trinajstić information content (AvgIpc) is 3.11. The maximum atomic E-state index is 12.7. The molecule has 25 heavy (non-hydrogen) atoms. The van der Waals surface area contributed by atoms with Crippen LogP contribution in [0, 0.1) is 19.8 Å². The van der Waals surface area contributed by atoms with Gasteiger partial charge in [0.05, 0.1) is 11.1 Å². The van der Waals surface area contributed by atoms with Crippen LogP contribution >= 0.6 is 11.3 Å². The van der Waals surface area contributed by atoms with Crippen molar-refractivity contribution in [3.8, 4) is 0 Å². The van der Waals surface area contributed by atoms with Crippen molar-refractivity contribution in [2.75, 3.05) is 13.2 Å². The van der Waals surface area contributed by atoms with E-state index in [4.69, 9.17) is 0 Å². The molecule has 0 spiro atoms. The van der Waals surface area contributed by atoms with E-state index in [9.17, 15) is 9.90 Å². The molecule has 5 heteroatoms. The Balaban J connectivity index is 1.76. The second kappa shape index (κ2) is 7.76. The van der Waals surface area contributed by atoms with Crippen molar-refractivity contribution < 1.29 is 9.90 Å². The Morgan fingerprint density at radius 3 is 2.84 bits per heavy atom. The zero-order chi connectivity index (χ0) is 17.8. The lowest BCUT2D eigenvalue weighted by Crippen LogP contribution is -2.32. The van der Waals surface area contributed by atoms with E-state index in [1.807, 2.05) is 49.6 Å². The second-order valence-corrected chi connectivity index (χ2v) is 7.41. The molecule has 1 aromatic carbocycles. The van der Waals surface area contributed by atoms with Gasteiger partial charge in [-0.15, -0.1) is 11.3 Å². The lowest BCUT2D eigenvalue weighted by atomic mass is 10.0. The predicted octanol–water partition coefficient (Wildman–Crippen LogP) is 3.49. The highest BCUT2D eigenvalue weighted by Crippen LogP contribution is 2.20. The summed E-state index contributed by atoms with van der Waals surface area (Å²) in [6.45, 7) is 4.39. The van der Waals surface area contributed by atoms with Gasteiger partial charge in [0.2, 0.25) is 0 Å². The summed E-state index contributed by atoms with van der Waals surface area (Å²) in [5.74, 6) is -0.107. The number of fused-ring (bicyclic) bond motifs is 1. The largest absolute Gasteiger partial charge is 0.396 e. The highest BCUT2D eigenvalue weighted by molar-refractivity contribution is 7.09. The number of rotatable bonds is 6. The van der Waals surface area contributed by atoms with Crippen molar-refractivity contribution >= 4 is 28.1 Å². The molecule has 4 nitrogen and oxygen atoms in total. The van der Waals surface area contributed by atoms with Gasteiger partial charge in [0.25, 0.3) is 5.91 Å².